The van der Waals surface area contributed by atoms with Crippen LogP contribution in [0.1, 0.15) is 31.7 Å². The third-order valence-electron chi connectivity index (χ3n) is 2.69. The Hall–Kier alpha value is -1.07. The number of hydrogen-bond acceptors (Lipinski definition) is 3. The molecule has 1 aromatic carbocycles. The van der Waals surface area contributed by atoms with E-state index in [0.29, 0.717) is 17.8 Å². The lowest BCUT2D eigenvalue weighted by Gasteiger charge is -2.10. The van der Waals surface area contributed by atoms with E-state index < -0.39 is 10.0 Å². The van der Waals surface area contributed by atoms with Gasteiger partial charge in [0.15, 0.2) is 0 Å². The van der Waals surface area contributed by atoms with Gasteiger partial charge in [0.05, 0.1) is 4.90 Å². The molecule has 0 heterocycles. The number of benzene rings is 1. The highest BCUT2D eigenvalue weighted by Crippen LogP contribution is 2.20. The Kier molecular flexibility index (Phi) is 4.96. The Morgan fingerprint density at radius 3 is 2.65 bits per heavy atom. The number of nitrogens with one attached hydrogen (secondary N) is 1. The topological polar surface area (TPSA) is 72.2 Å². The van der Waals surface area contributed by atoms with Gasteiger partial charge in [-0.2, -0.15) is 0 Å². The maximum Gasteiger partial charge on any atom is 0.240 e. The molecule has 0 saturated heterocycles. The minimum Gasteiger partial charge on any atom is -0.398 e. The normalized spacial score (nSPS) is 11.6. The number of unbranched alkanes of at least 4 members (excludes halogenated alkanes) is 2. The van der Waals surface area contributed by atoms with Gasteiger partial charge in [-0.15, -0.1) is 0 Å². The standard InChI is InChI=1S/C12H20N2O2S/c1-3-4-5-9-14-17(15,16)12-8-6-7-11(13)10(12)2/h6-8,14H,3-5,9,13H2,1-2H3. The van der Waals surface area contributed by atoms with Gasteiger partial charge in [0.25, 0.3) is 0 Å². The first-order valence-corrected chi connectivity index (χ1v) is 7.32. The van der Waals surface area contributed by atoms with Crippen molar-refractivity contribution < 1.29 is 8.42 Å². The van der Waals surface area contributed by atoms with E-state index in [0.717, 1.165) is 19.3 Å². The molecular weight excluding hydrogens is 236 g/mol. The van der Waals surface area contributed by atoms with Gasteiger partial charge >= 0.3 is 0 Å². The van der Waals surface area contributed by atoms with Crippen LogP contribution in [0.15, 0.2) is 23.1 Å². The molecule has 0 atom stereocenters. The molecule has 0 saturated carbocycles. The van der Waals surface area contributed by atoms with Crippen LogP contribution in [0.4, 0.5) is 5.69 Å². The molecule has 0 fully saturated rings. The summed E-state index contributed by atoms with van der Waals surface area (Å²) in [6.45, 7) is 4.27. The summed E-state index contributed by atoms with van der Waals surface area (Å²) in [6.07, 6.45) is 2.95. The van der Waals surface area contributed by atoms with E-state index in [9.17, 15) is 8.42 Å². The predicted molar refractivity (Wildman–Crippen MR) is 70.3 cm³/mol. The largest absolute Gasteiger partial charge is 0.398 e. The van der Waals surface area contributed by atoms with Crippen LogP contribution < -0.4 is 10.5 Å². The van der Waals surface area contributed by atoms with Crippen molar-refractivity contribution >= 4 is 15.7 Å². The number of anilines is 1. The molecule has 0 aromatic heterocycles. The molecule has 0 aliphatic rings. The Balaban J connectivity index is 2.79. The zero-order valence-corrected chi connectivity index (χ0v) is 11.2. The summed E-state index contributed by atoms with van der Waals surface area (Å²) in [6, 6.07) is 4.93. The highest BCUT2D eigenvalue weighted by molar-refractivity contribution is 7.89. The van der Waals surface area contributed by atoms with Gasteiger partial charge in [0.2, 0.25) is 10.0 Å². The van der Waals surface area contributed by atoms with Crippen LogP contribution in [-0.2, 0) is 10.0 Å². The van der Waals surface area contributed by atoms with Crippen molar-refractivity contribution in [2.75, 3.05) is 12.3 Å². The molecule has 0 bridgehead atoms. The van der Waals surface area contributed by atoms with Crippen LogP contribution in [0.5, 0.6) is 0 Å². The summed E-state index contributed by atoms with van der Waals surface area (Å²) >= 11 is 0. The van der Waals surface area contributed by atoms with Gasteiger partial charge < -0.3 is 5.73 Å². The van der Waals surface area contributed by atoms with Crippen LogP contribution in [0.2, 0.25) is 0 Å². The van der Waals surface area contributed by atoms with Crippen LogP contribution in [0.25, 0.3) is 0 Å². The van der Waals surface area contributed by atoms with Crippen molar-refractivity contribution in [1.29, 1.82) is 0 Å². The number of sulfonamides is 1. The minimum absolute atomic E-state index is 0.272. The fraction of sp³-hybridized carbons (Fsp3) is 0.500. The van der Waals surface area contributed by atoms with Crippen molar-refractivity contribution in [1.82, 2.24) is 4.72 Å². The molecule has 17 heavy (non-hydrogen) atoms. The molecular formula is C12H20N2O2S. The molecule has 1 rings (SSSR count). The van der Waals surface area contributed by atoms with Gasteiger partial charge in [0, 0.05) is 12.2 Å². The molecule has 5 heteroatoms. The maximum atomic E-state index is 12.0. The molecule has 0 unspecified atom stereocenters. The van der Waals surface area contributed by atoms with Crippen LogP contribution in [0, 0.1) is 6.92 Å². The Labute approximate surface area is 103 Å². The lowest BCUT2D eigenvalue weighted by Crippen LogP contribution is -2.25. The molecule has 0 aliphatic carbocycles. The van der Waals surface area contributed by atoms with E-state index in [-0.39, 0.29) is 4.90 Å². The second kappa shape index (κ2) is 6.02. The first-order valence-electron chi connectivity index (χ1n) is 5.83. The van der Waals surface area contributed by atoms with Gasteiger partial charge in [-0.05, 0) is 31.0 Å². The van der Waals surface area contributed by atoms with Crippen molar-refractivity contribution in [3.8, 4) is 0 Å². The van der Waals surface area contributed by atoms with Crippen LogP contribution >= 0.6 is 0 Å². The number of hydrogen-bond donors (Lipinski definition) is 2. The summed E-state index contributed by atoms with van der Waals surface area (Å²) in [7, 11) is -3.42. The van der Waals surface area contributed by atoms with E-state index in [1.54, 1.807) is 25.1 Å². The van der Waals surface area contributed by atoms with Gasteiger partial charge in [-0.25, -0.2) is 13.1 Å². The van der Waals surface area contributed by atoms with Crippen LogP contribution in [0.3, 0.4) is 0 Å². The molecule has 96 valence electrons. The monoisotopic (exact) mass is 256 g/mol. The lowest BCUT2D eigenvalue weighted by atomic mass is 10.2. The molecule has 0 aliphatic heterocycles. The van der Waals surface area contributed by atoms with Crippen molar-refractivity contribution in [2.24, 2.45) is 0 Å². The summed E-state index contributed by atoms with van der Waals surface area (Å²) in [5.74, 6) is 0. The second-order valence-electron chi connectivity index (χ2n) is 4.08. The molecule has 3 N–H and O–H groups in total. The highest BCUT2D eigenvalue weighted by Gasteiger charge is 2.16. The molecule has 4 nitrogen and oxygen atoms in total. The summed E-state index contributed by atoms with van der Waals surface area (Å²) in [4.78, 5) is 0.272. The smallest absolute Gasteiger partial charge is 0.240 e. The Morgan fingerprint density at radius 1 is 1.29 bits per heavy atom. The molecule has 0 amide bonds. The van der Waals surface area contributed by atoms with Crippen molar-refractivity contribution in [3.63, 3.8) is 0 Å². The minimum atomic E-state index is -3.42. The van der Waals surface area contributed by atoms with E-state index in [1.807, 2.05) is 0 Å². The fourth-order valence-corrected chi connectivity index (χ4v) is 2.93. The Morgan fingerprint density at radius 2 is 2.00 bits per heavy atom. The zero-order valence-electron chi connectivity index (χ0n) is 10.4. The first-order chi connectivity index (χ1) is 7.99. The average molecular weight is 256 g/mol. The predicted octanol–water partition coefficient (Wildman–Crippen LogP) is 2.05. The summed E-state index contributed by atoms with van der Waals surface area (Å²) in [5.41, 5.74) is 6.81. The summed E-state index contributed by atoms with van der Waals surface area (Å²) in [5, 5.41) is 0. The quantitative estimate of drug-likeness (QED) is 0.604. The average Bonchev–Trinajstić information content (AvgIpc) is 2.28. The summed E-state index contributed by atoms with van der Waals surface area (Å²) < 4.78 is 26.6. The second-order valence-corrected chi connectivity index (χ2v) is 5.81. The Bertz CT molecular complexity index is 469. The van der Waals surface area contributed by atoms with Gasteiger partial charge in [-0.1, -0.05) is 25.8 Å². The molecule has 0 radical (unpaired) electrons. The zero-order chi connectivity index (χ0) is 12.9. The SMILES string of the molecule is CCCCCNS(=O)(=O)c1cccc(N)c1C. The first kappa shape index (κ1) is 14.0. The van der Waals surface area contributed by atoms with E-state index in [4.69, 9.17) is 5.73 Å². The van der Waals surface area contributed by atoms with Crippen molar-refractivity contribution in [2.45, 2.75) is 38.0 Å². The number of nitrogen functional groups attached to an aromatic ring is 1. The third kappa shape index (κ3) is 3.71. The lowest BCUT2D eigenvalue weighted by molar-refractivity contribution is 0.575. The van der Waals surface area contributed by atoms with Crippen LogP contribution in [-0.4, -0.2) is 15.0 Å². The van der Waals surface area contributed by atoms with Crippen molar-refractivity contribution in [3.05, 3.63) is 23.8 Å². The third-order valence-corrected chi connectivity index (χ3v) is 4.29. The van der Waals surface area contributed by atoms with E-state index in [2.05, 4.69) is 11.6 Å². The number of nitrogens with two attached hydrogens (primary N) is 1. The highest BCUT2D eigenvalue weighted by atomic mass is 32.2. The fourth-order valence-electron chi connectivity index (χ4n) is 1.58. The molecule has 0 spiro atoms. The molecule has 1 aromatic rings. The van der Waals surface area contributed by atoms with Gasteiger partial charge in [-0.3, -0.25) is 0 Å². The van der Waals surface area contributed by atoms with E-state index in [1.165, 1.54) is 0 Å². The van der Waals surface area contributed by atoms with Gasteiger partial charge in [0.1, 0.15) is 0 Å². The maximum absolute atomic E-state index is 12.0. The van der Waals surface area contributed by atoms with E-state index >= 15 is 0 Å². The number of rotatable bonds is 6.